The summed E-state index contributed by atoms with van der Waals surface area (Å²) in [6, 6.07) is 7.36. The minimum absolute atomic E-state index is 0.106. The third-order valence-corrected chi connectivity index (χ3v) is 3.11. The van der Waals surface area contributed by atoms with Crippen LogP contribution in [-0.2, 0) is 11.2 Å². The Bertz CT molecular complexity index is 522. The molecule has 0 aliphatic rings. The van der Waals surface area contributed by atoms with Crippen molar-refractivity contribution in [3.8, 4) is 0 Å². The van der Waals surface area contributed by atoms with E-state index >= 15 is 0 Å². The number of pyridine rings is 2. The zero-order valence-corrected chi connectivity index (χ0v) is 11.4. The molecule has 2 aromatic heterocycles. The molecular weight excluding hydrogens is 294 g/mol. The Morgan fingerprint density at radius 2 is 2.00 bits per heavy atom. The molecule has 0 aliphatic heterocycles. The zero-order chi connectivity index (χ0) is 13.0. The summed E-state index contributed by atoms with van der Waals surface area (Å²) in [6.07, 6.45) is 3.60. The third-order valence-electron chi connectivity index (χ3n) is 2.48. The normalized spacial score (nSPS) is 10.1. The zero-order valence-electron chi connectivity index (χ0n) is 9.85. The van der Waals surface area contributed by atoms with Crippen molar-refractivity contribution >= 4 is 27.5 Å². The van der Waals surface area contributed by atoms with E-state index in [9.17, 15) is 4.79 Å². The van der Waals surface area contributed by atoms with Crippen LogP contribution in [0.5, 0.6) is 0 Å². The van der Waals surface area contributed by atoms with Gasteiger partial charge in [0.2, 0.25) is 5.91 Å². The third kappa shape index (κ3) is 3.13. The van der Waals surface area contributed by atoms with Gasteiger partial charge in [0.1, 0.15) is 4.60 Å². The fraction of sp³-hybridized carbons (Fsp3) is 0.154. The van der Waals surface area contributed by atoms with Gasteiger partial charge in [-0.15, -0.1) is 0 Å². The van der Waals surface area contributed by atoms with Gasteiger partial charge in [0, 0.05) is 12.4 Å². The number of carbonyl (C=O) groups excluding carboxylic acids is 1. The number of anilines is 1. The van der Waals surface area contributed by atoms with Gasteiger partial charge in [-0.1, -0.05) is 6.07 Å². The Hall–Kier alpha value is -1.75. The predicted molar refractivity (Wildman–Crippen MR) is 73.2 cm³/mol. The van der Waals surface area contributed by atoms with E-state index in [1.807, 2.05) is 19.1 Å². The molecule has 0 saturated carbocycles. The number of rotatable bonds is 3. The summed E-state index contributed by atoms with van der Waals surface area (Å²) < 4.78 is 0.621. The summed E-state index contributed by atoms with van der Waals surface area (Å²) in [5, 5.41) is 2.80. The number of nitrogens with zero attached hydrogens (tertiary/aromatic N) is 2. The molecule has 0 radical (unpaired) electrons. The van der Waals surface area contributed by atoms with Crippen LogP contribution >= 0.6 is 15.9 Å². The molecular formula is C13H12BrN3O. The quantitative estimate of drug-likeness (QED) is 0.887. The van der Waals surface area contributed by atoms with Crippen LogP contribution in [0.3, 0.4) is 0 Å². The number of aryl methyl sites for hydroxylation is 1. The molecule has 1 amide bonds. The standard InChI is InChI=1S/C13H12BrN3O/c1-9-4-2-6-15-11(9)8-12(18)17-10-5-3-7-16-13(10)14/h2-7H,8H2,1H3,(H,17,18). The fourth-order valence-corrected chi connectivity index (χ4v) is 1.88. The monoisotopic (exact) mass is 305 g/mol. The molecule has 0 unspecified atom stereocenters. The van der Waals surface area contributed by atoms with E-state index < -0.39 is 0 Å². The van der Waals surface area contributed by atoms with Gasteiger partial charge >= 0.3 is 0 Å². The van der Waals surface area contributed by atoms with Crippen molar-refractivity contribution in [3.05, 3.63) is 52.5 Å². The molecule has 0 atom stereocenters. The second-order valence-electron chi connectivity index (χ2n) is 3.83. The average Bonchev–Trinajstić information content (AvgIpc) is 2.35. The molecule has 5 heteroatoms. The van der Waals surface area contributed by atoms with Crippen LogP contribution in [0.25, 0.3) is 0 Å². The summed E-state index contributed by atoms with van der Waals surface area (Å²) in [5.74, 6) is -0.106. The highest BCUT2D eigenvalue weighted by Gasteiger charge is 2.09. The van der Waals surface area contributed by atoms with Crippen molar-refractivity contribution in [1.29, 1.82) is 0 Å². The van der Waals surface area contributed by atoms with Crippen LogP contribution in [0.2, 0.25) is 0 Å². The first-order chi connectivity index (χ1) is 8.66. The van der Waals surface area contributed by atoms with E-state index in [0.29, 0.717) is 10.3 Å². The number of carbonyl (C=O) groups is 1. The van der Waals surface area contributed by atoms with Gasteiger partial charge in [-0.05, 0) is 46.6 Å². The number of aromatic nitrogens is 2. The molecule has 2 heterocycles. The van der Waals surface area contributed by atoms with Gasteiger partial charge in [-0.25, -0.2) is 4.98 Å². The van der Waals surface area contributed by atoms with E-state index in [4.69, 9.17) is 0 Å². The van der Waals surface area contributed by atoms with Gasteiger partial charge in [0.15, 0.2) is 0 Å². The largest absolute Gasteiger partial charge is 0.323 e. The van der Waals surface area contributed by atoms with E-state index in [1.54, 1.807) is 24.5 Å². The van der Waals surface area contributed by atoms with Gasteiger partial charge in [-0.3, -0.25) is 9.78 Å². The second kappa shape index (κ2) is 5.73. The highest BCUT2D eigenvalue weighted by atomic mass is 79.9. The van der Waals surface area contributed by atoms with E-state index in [2.05, 4.69) is 31.2 Å². The molecule has 4 nitrogen and oxygen atoms in total. The fourth-order valence-electron chi connectivity index (χ4n) is 1.53. The lowest BCUT2D eigenvalue weighted by Gasteiger charge is -2.07. The average molecular weight is 306 g/mol. The topological polar surface area (TPSA) is 54.9 Å². The molecule has 0 fully saturated rings. The Morgan fingerprint density at radius 1 is 1.28 bits per heavy atom. The Morgan fingerprint density at radius 3 is 2.72 bits per heavy atom. The molecule has 2 rings (SSSR count). The molecule has 0 aliphatic carbocycles. The van der Waals surface area contributed by atoms with Crippen molar-refractivity contribution < 1.29 is 4.79 Å². The lowest BCUT2D eigenvalue weighted by atomic mass is 10.1. The SMILES string of the molecule is Cc1cccnc1CC(=O)Nc1cccnc1Br. The molecule has 2 aromatic rings. The Balaban J connectivity index is 2.06. The number of hydrogen-bond acceptors (Lipinski definition) is 3. The lowest BCUT2D eigenvalue weighted by molar-refractivity contribution is -0.115. The first kappa shape index (κ1) is 12.7. The second-order valence-corrected chi connectivity index (χ2v) is 4.58. The summed E-state index contributed by atoms with van der Waals surface area (Å²) >= 11 is 3.28. The summed E-state index contributed by atoms with van der Waals surface area (Å²) in [6.45, 7) is 1.94. The Labute approximate surface area is 114 Å². The number of nitrogens with one attached hydrogen (secondary N) is 1. The number of hydrogen-bond donors (Lipinski definition) is 1. The van der Waals surface area contributed by atoms with Crippen LogP contribution in [0.1, 0.15) is 11.3 Å². The van der Waals surface area contributed by atoms with E-state index in [0.717, 1.165) is 11.3 Å². The molecule has 0 aromatic carbocycles. The Kier molecular flexibility index (Phi) is 4.04. The molecule has 1 N–H and O–H groups in total. The maximum absolute atomic E-state index is 11.9. The van der Waals surface area contributed by atoms with Crippen molar-refractivity contribution in [1.82, 2.24) is 9.97 Å². The van der Waals surface area contributed by atoms with Crippen molar-refractivity contribution in [2.45, 2.75) is 13.3 Å². The van der Waals surface area contributed by atoms with Gasteiger partial charge in [0.25, 0.3) is 0 Å². The minimum atomic E-state index is -0.106. The minimum Gasteiger partial charge on any atom is -0.323 e. The molecule has 0 spiro atoms. The highest BCUT2D eigenvalue weighted by molar-refractivity contribution is 9.10. The highest BCUT2D eigenvalue weighted by Crippen LogP contribution is 2.18. The van der Waals surface area contributed by atoms with Crippen LogP contribution in [0, 0.1) is 6.92 Å². The number of halogens is 1. The van der Waals surface area contributed by atoms with Crippen LogP contribution in [0.4, 0.5) is 5.69 Å². The molecule has 18 heavy (non-hydrogen) atoms. The van der Waals surface area contributed by atoms with E-state index in [-0.39, 0.29) is 12.3 Å². The maximum Gasteiger partial charge on any atom is 0.230 e. The van der Waals surface area contributed by atoms with E-state index in [1.165, 1.54) is 0 Å². The van der Waals surface area contributed by atoms with Crippen molar-refractivity contribution in [2.24, 2.45) is 0 Å². The smallest absolute Gasteiger partial charge is 0.230 e. The van der Waals surface area contributed by atoms with Crippen LogP contribution in [-0.4, -0.2) is 15.9 Å². The molecule has 92 valence electrons. The van der Waals surface area contributed by atoms with Crippen LogP contribution in [0.15, 0.2) is 41.3 Å². The lowest BCUT2D eigenvalue weighted by Crippen LogP contribution is -2.16. The summed E-state index contributed by atoms with van der Waals surface area (Å²) in [5.41, 5.74) is 2.46. The first-order valence-corrected chi connectivity index (χ1v) is 6.27. The van der Waals surface area contributed by atoms with Gasteiger partial charge in [-0.2, -0.15) is 0 Å². The predicted octanol–water partition coefficient (Wildman–Crippen LogP) is 2.73. The van der Waals surface area contributed by atoms with Gasteiger partial charge < -0.3 is 5.32 Å². The van der Waals surface area contributed by atoms with Crippen molar-refractivity contribution in [2.75, 3.05) is 5.32 Å². The molecule has 0 bridgehead atoms. The maximum atomic E-state index is 11.9. The van der Waals surface area contributed by atoms with Crippen LogP contribution < -0.4 is 5.32 Å². The summed E-state index contributed by atoms with van der Waals surface area (Å²) in [7, 11) is 0. The first-order valence-electron chi connectivity index (χ1n) is 5.47. The summed E-state index contributed by atoms with van der Waals surface area (Å²) in [4.78, 5) is 20.1. The molecule has 0 saturated heterocycles. The van der Waals surface area contributed by atoms with Crippen molar-refractivity contribution in [3.63, 3.8) is 0 Å². The van der Waals surface area contributed by atoms with Gasteiger partial charge in [0.05, 0.1) is 17.8 Å². The number of amides is 1.